The second kappa shape index (κ2) is 8.83. The molecule has 11 heteroatoms. The molecule has 35 heavy (non-hydrogen) atoms. The Labute approximate surface area is 196 Å². The number of halogens is 3. The number of hydrogen-bond acceptors (Lipinski definition) is 6. The highest BCUT2D eigenvalue weighted by Crippen LogP contribution is 2.33. The summed E-state index contributed by atoms with van der Waals surface area (Å²) in [4.78, 5) is 37.6. The summed E-state index contributed by atoms with van der Waals surface area (Å²) in [6, 6.07) is 12.6. The van der Waals surface area contributed by atoms with Gasteiger partial charge in [-0.25, -0.2) is 15.0 Å². The van der Waals surface area contributed by atoms with Crippen LogP contribution in [0, 0.1) is 18.3 Å². The van der Waals surface area contributed by atoms with Crippen molar-refractivity contribution in [2.24, 2.45) is 5.73 Å². The average molecular weight is 476 g/mol. The summed E-state index contributed by atoms with van der Waals surface area (Å²) in [6.45, 7) is 1.48. The van der Waals surface area contributed by atoms with E-state index < -0.39 is 28.9 Å². The quantitative estimate of drug-likeness (QED) is 0.479. The molecule has 2 N–H and O–H groups in total. The number of carbonyl (C=O) groups excluding carboxylic acids is 1. The second-order valence-corrected chi connectivity index (χ2v) is 7.42. The van der Waals surface area contributed by atoms with Crippen LogP contribution in [0.25, 0.3) is 28.2 Å². The molecule has 0 atom stereocenters. The van der Waals surface area contributed by atoms with Crippen LogP contribution in [0.1, 0.15) is 27.3 Å². The first-order chi connectivity index (χ1) is 16.6. The van der Waals surface area contributed by atoms with Gasteiger partial charge in [-0.15, -0.1) is 0 Å². The predicted octanol–water partition coefficient (Wildman–Crippen LogP) is 3.65. The molecule has 0 saturated carbocycles. The van der Waals surface area contributed by atoms with Gasteiger partial charge in [0.1, 0.15) is 6.33 Å². The Morgan fingerprint density at radius 3 is 2.46 bits per heavy atom. The minimum Gasteiger partial charge on any atom is -0.364 e. The molecule has 8 nitrogen and oxygen atoms in total. The van der Waals surface area contributed by atoms with Crippen LogP contribution in [-0.4, -0.2) is 25.4 Å². The van der Waals surface area contributed by atoms with E-state index in [1.807, 2.05) is 6.07 Å². The number of aromatic nitrogens is 4. The molecule has 0 radical (unpaired) electrons. The Kier molecular flexibility index (Phi) is 5.88. The monoisotopic (exact) mass is 476 g/mol. The summed E-state index contributed by atoms with van der Waals surface area (Å²) in [7, 11) is 0. The molecule has 4 rings (SSSR count). The number of amides is 1. The lowest BCUT2D eigenvalue weighted by Crippen LogP contribution is -2.32. The summed E-state index contributed by atoms with van der Waals surface area (Å²) in [5.74, 6) is -1.14. The lowest BCUT2D eigenvalue weighted by Gasteiger charge is -2.17. The molecule has 2 heterocycles. The third-order valence-electron chi connectivity index (χ3n) is 5.23. The van der Waals surface area contributed by atoms with E-state index in [1.54, 1.807) is 24.3 Å². The van der Waals surface area contributed by atoms with E-state index in [1.165, 1.54) is 25.5 Å². The molecule has 0 fully saturated rings. The smallest absolute Gasteiger partial charge is 0.364 e. The number of carbonyl (C=O) groups is 1. The van der Waals surface area contributed by atoms with Crippen LogP contribution in [0.2, 0.25) is 0 Å². The van der Waals surface area contributed by atoms with E-state index in [0.29, 0.717) is 22.4 Å². The van der Waals surface area contributed by atoms with Crippen molar-refractivity contribution >= 4 is 5.91 Å². The minimum atomic E-state index is -4.65. The first kappa shape index (κ1) is 23.3. The molecule has 0 aliphatic rings. The number of nitrogens with two attached hydrogens (primary N) is 1. The lowest BCUT2D eigenvalue weighted by molar-refractivity contribution is -0.137. The summed E-state index contributed by atoms with van der Waals surface area (Å²) < 4.78 is 40.9. The lowest BCUT2D eigenvalue weighted by atomic mass is 10.0. The van der Waals surface area contributed by atoms with Crippen LogP contribution < -0.4 is 11.3 Å². The number of hydrogen-bond donors (Lipinski definition) is 1. The SMILES string of the molecule is Cc1c(-c2cncnc2-c2ccc(C#N)cc2)nc(C(N)=O)c(=O)n1-c1cccc(C(F)(F)F)c1. The first-order valence-corrected chi connectivity index (χ1v) is 10.0. The number of nitriles is 1. The third-order valence-corrected chi connectivity index (χ3v) is 5.23. The number of alkyl halides is 3. The zero-order valence-corrected chi connectivity index (χ0v) is 18.0. The standard InChI is InChI=1S/C24H15F3N6O2/c1-13-19(18-11-30-12-31-20(18)15-7-5-14(10-28)6-8-15)32-21(22(29)34)23(35)33(13)17-4-2-3-16(9-17)24(25,26)27/h2-9,11-12H,1H3,(H2,29,34). The van der Waals surface area contributed by atoms with Gasteiger partial charge in [-0.05, 0) is 37.3 Å². The van der Waals surface area contributed by atoms with Gasteiger partial charge >= 0.3 is 6.18 Å². The number of rotatable bonds is 4. The number of benzene rings is 2. The van der Waals surface area contributed by atoms with Crippen LogP contribution in [0.3, 0.4) is 0 Å². The van der Waals surface area contributed by atoms with Gasteiger partial charge in [-0.3, -0.25) is 14.2 Å². The highest BCUT2D eigenvalue weighted by Gasteiger charge is 2.31. The molecule has 0 unspecified atom stereocenters. The fourth-order valence-corrected chi connectivity index (χ4v) is 3.59. The van der Waals surface area contributed by atoms with E-state index in [4.69, 9.17) is 11.0 Å². The normalized spacial score (nSPS) is 11.2. The minimum absolute atomic E-state index is 0.0794. The maximum atomic E-state index is 13.3. The molecule has 4 aromatic rings. The van der Waals surface area contributed by atoms with Crippen molar-refractivity contribution in [3.05, 3.63) is 93.9 Å². The molecule has 0 aliphatic heterocycles. The van der Waals surface area contributed by atoms with Gasteiger partial charge in [0.15, 0.2) is 5.69 Å². The second-order valence-electron chi connectivity index (χ2n) is 7.42. The molecule has 174 valence electrons. The Hall–Kier alpha value is -4.85. The Morgan fingerprint density at radius 2 is 1.83 bits per heavy atom. The van der Waals surface area contributed by atoms with Gasteiger partial charge in [0.2, 0.25) is 0 Å². The first-order valence-electron chi connectivity index (χ1n) is 10.0. The molecule has 0 spiro atoms. The van der Waals surface area contributed by atoms with E-state index >= 15 is 0 Å². The highest BCUT2D eigenvalue weighted by atomic mass is 19.4. The van der Waals surface area contributed by atoms with Crippen LogP contribution in [-0.2, 0) is 6.18 Å². The van der Waals surface area contributed by atoms with Crippen molar-refractivity contribution in [3.8, 4) is 34.3 Å². The Morgan fingerprint density at radius 1 is 1.11 bits per heavy atom. The average Bonchev–Trinajstić information content (AvgIpc) is 2.84. The molecule has 0 saturated heterocycles. The Bertz CT molecular complexity index is 1550. The predicted molar refractivity (Wildman–Crippen MR) is 119 cm³/mol. The van der Waals surface area contributed by atoms with Gasteiger partial charge in [0.25, 0.3) is 11.5 Å². The molecule has 2 aromatic carbocycles. The van der Waals surface area contributed by atoms with E-state index in [9.17, 15) is 22.8 Å². The molecular formula is C24H15F3N6O2. The zero-order valence-electron chi connectivity index (χ0n) is 18.0. The summed E-state index contributed by atoms with van der Waals surface area (Å²) in [6.07, 6.45) is -1.96. The third kappa shape index (κ3) is 4.37. The molecule has 1 amide bonds. The van der Waals surface area contributed by atoms with Crippen molar-refractivity contribution in [1.82, 2.24) is 19.5 Å². The van der Waals surface area contributed by atoms with Crippen molar-refractivity contribution in [3.63, 3.8) is 0 Å². The van der Waals surface area contributed by atoms with Crippen LogP contribution in [0.5, 0.6) is 0 Å². The molecule has 2 aromatic heterocycles. The topological polar surface area (TPSA) is 128 Å². The van der Waals surface area contributed by atoms with Gasteiger partial charge in [-0.2, -0.15) is 18.4 Å². The van der Waals surface area contributed by atoms with Crippen LogP contribution in [0.4, 0.5) is 13.2 Å². The summed E-state index contributed by atoms with van der Waals surface area (Å²) in [5.41, 5.74) is 4.57. The molecule has 0 aliphatic carbocycles. The van der Waals surface area contributed by atoms with Gasteiger partial charge in [-0.1, -0.05) is 18.2 Å². The fourth-order valence-electron chi connectivity index (χ4n) is 3.59. The van der Waals surface area contributed by atoms with Crippen molar-refractivity contribution in [2.75, 3.05) is 0 Å². The van der Waals surface area contributed by atoms with Crippen molar-refractivity contribution < 1.29 is 18.0 Å². The van der Waals surface area contributed by atoms with Gasteiger partial charge in [0, 0.05) is 28.7 Å². The maximum absolute atomic E-state index is 13.3. The largest absolute Gasteiger partial charge is 0.416 e. The van der Waals surface area contributed by atoms with Crippen molar-refractivity contribution in [1.29, 1.82) is 5.26 Å². The van der Waals surface area contributed by atoms with Gasteiger partial charge in [0.05, 0.1) is 28.6 Å². The number of nitrogens with zero attached hydrogens (tertiary/aromatic N) is 5. The summed E-state index contributed by atoms with van der Waals surface area (Å²) in [5, 5.41) is 9.05. The van der Waals surface area contributed by atoms with Gasteiger partial charge < -0.3 is 5.73 Å². The van der Waals surface area contributed by atoms with E-state index in [0.717, 1.165) is 22.8 Å². The van der Waals surface area contributed by atoms with E-state index in [2.05, 4.69) is 15.0 Å². The zero-order chi connectivity index (χ0) is 25.3. The molecular weight excluding hydrogens is 461 g/mol. The van der Waals surface area contributed by atoms with Crippen molar-refractivity contribution in [2.45, 2.75) is 13.1 Å². The summed E-state index contributed by atoms with van der Waals surface area (Å²) >= 11 is 0. The van der Waals surface area contributed by atoms with Crippen LogP contribution >= 0.6 is 0 Å². The maximum Gasteiger partial charge on any atom is 0.416 e. The van der Waals surface area contributed by atoms with E-state index in [-0.39, 0.29) is 17.1 Å². The van der Waals surface area contributed by atoms with Crippen LogP contribution in [0.15, 0.2) is 65.8 Å². The fraction of sp³-hybridized carbons (Fsp3) is 0.0833. The highest BCUT2D eigenvalue weighted by molar-refractivity contribution is 5.91. The molecule has 0 bridgehead atoms. The number of primary amides is 1. The Balaban J connectivity index is 2.02.